The summed E-state index contributed by atoms with van der Waals surface area (Å²) in [6.45, 7) is 7.35. The van der Waals surface area contributed by atoms with Crippen molar-refractivity contribution in [3.63, 3.8) is 0 Å². The first-order valence-electron chi connectivity index (χ1n) is 5.21. The lowest BCUT2D eigenvalue weighted by Gasteiger charge is -2.16. The summed E-state index contributed by atoms with van der Waals surface area (Å²) in [4.78, 5) is 15.6. The van der Waals surface area contributed by atoms with Gasteiger partial charge in [0.2, 0.25) is 5.91 Å². The maximum Gasteiger partial charge on any atom is 0.272 e. The van der Waals surface area contributed by atoms with Gasteiger partial charge < -0.3 is 5.32 Å². The van der Waals surface area contributed by atoms with E-state index in [9.17, 15) is 13.2 Å². The molecule has 0 spiro atoms. The van der Waals surface area contributed by atoms with Crippen molar-refractivity contribution in [1.29, 1.82) is 0 Å². The number of anilines is 1. The highest BCUT2D eigenvalue weighted by molar-refractivity contribution is 8.15. The Balaban J connectivity index is 2.85. The summed E-state index contributed by atoms with van der Waals surface area (Å²) in [6.07, 6.45) is 0.328. The lowest BCUT2D eigenvalue weighted by molar-refractivity contribution is -0.117. The van der Waals surface area contributed by atoms with Crippen LogP contribution >= 0.6 is 22.0 Å². The van der Waals surface area contributed by atoms with Gasteiger partial charge >= 0.3 is 0 Å². The standard InChI is InChI=1S/C10H15ClN2O3S2/c1-6-8(18(11,15)16)17-9(12-6)13-7(14)5-10(2,3)4/h5H2,1-4H3,(H,12,13,14). The number of nitrogens with one attached hydrogen (secondary N) is 1. The van der Waals surface area contributed by atoms with E-state index >= 15 is 0 Å². The zero-order valence-electron chi connectivity index (χ0n) is 10.6. The molecule has 5 nitrogen and oxygen atoms in total. The lowest BCUT2D eigenvalue weighted by atomic mass is 9.92. The van der Waals surface area contributed by atoms with Crippen molar-refractivity contribution in [3.05, 3.63) is 5.69 Å². The summed E-state index contributed by atoms with van der Waals surface area (Å²) in [7, 11) is 1.44. The second-order valence-electron chi connectivity index (χ2n) is 5.12. The number of hydrogen-bond donors (Lipinski definition) is 1. The predicted molar refractivity (Wildman–Crippen MR) is 72.6 cm³/mol. The maximum atomic E-state index is 11.7. The van der Waals surface area contributed by atoms with E-state index < -0.39 is 9.05 Å². The quantitative estimate of drug-likeness (QED) is 0.871. The highest BCUT2D eigenvalue weighted by Gasteiger charge is 2.21. The summed E-state index contributed by atoms with van der Waals surface area (Å²) in [5.74, 6) is -0.199. The Labute approximate surface area is 115 Å². The number of halogens is 1. The van der Waals surface area contributed by atoms with E-state index in [1.54, 1.807) is 0 Å². The highest BCUT2D eigenvalue weighted by Crippen LogP contribution is 2.30. The topological polar surface area (TPSA) is 76.1 Å². The molecule has 0 saturated heterocycles. The van der Waals surface area contributed by atoms with Gasteiger partial charge in [-0.2, -0.15) is 0 Å². The van der Waals surface area contributed by atoms with E-state index in [4.69, 9.17) is 10.7 Å². The van der Waals surface area contributed by atoms with Crippen LogP contribution in [-0.4, -0.2) is 19.3 Å². The fraction of sp³-hybridized carbons (Fsp3) is 0.600. The van der Waals surface area contributed by atoms with Crippen LogP contribution < -0.4 is 5.32 Å². The van der Waals surface area contributed by atoms with Crippen molar-refractivity contribution in [1.82, 2.24) is 4.98 Å². The molecule has 1 aromatic heterocycles. The van der Waals surface area contributed by atoms with Gasteiger partial charge in [-0.05, 0) is 12.3 Å². The molecule has 0 aromatic carbocycles. The van der Waals surface area contributed by atoms with Gasteiger partial charge in [0.05, 0.1) is 5.69 Å². The molecule has 0 atom stereocenters. The molecule has 1 heterocycles. The minimum absolute atomic E-state index is 0.0322. The molecule has 102 valence electrons. The van der Waals surface area contributed by atoms with E-state index in [0.29, 0.717) is 12.1 Å². The van der Waals surface area contributed by atoms with E-state index in [0.717, 1.165) is 11.3 Å². The maximum absolute atomic E-state index is 11.7. The van der Waals surface area contributed by atoms with Crippen molar-refractivity contribution in [2.45, 2.75) is 38.3 Å². The summed E-state index contributed by atoms with van der Waals surface area (Å²) in [5.41, 5.74) is 0.152. The Hall–Kier alpha value is -0.660. The third-order valence-corrected chi connectivity index (χ3v) is 5.16. The first-order chi connectivity index (χ1) is 7.99. The number of carbonyl (C=O) groups is 1. The number of aromatic nitrogens is 1. The van der Waals surface area contributed by atoms with Crippen LogP contribution in [0.2, 0.25) is 0 Å². The zero-order valence-corrected chi connectivity index (χ0v) is 13.0. The Morgan fingerprint density at radius 3 is 2.39 bits per heavy atom. The molecule has 0 aliphatic carbocycles. The van der Waals surface area contributed by atoms with Gasteiger partial charge in [0.15, 0.2) is 9.34 Å². The molecule has 0 bridgehead atoms. The largest absolute Gasteiger partial charge is 0.302 e. The number of nitrogens with zero attached hydrogens (tertiary/aromatic N) is 1. The van der Waals surface area contributed by atoms with Gasteiger partial charge in [0.25, 0.3) is 9.05 Å². The number of aryl methyl sites for hydroxylation is 1. The highest BCUT2D eigenvalue weighted by atomic mass is 35.7. The van der Waals surface area contributed by atoms with Gasteiger partial charge in [0.1, 0.15) is 0 Å². The van der Waals surface area contributed by atoms with Crippen LogP contribution in [0.3, 0.4) is 0 Å². The summed E-state index contributed by atoms with van der Waals surface area (Å²) >= 11 is 0.858. The van der Waals surface area contributed by atoms with Gasteiger partial charge in [-0.15, -0.1) is 0 Å². The minimum Gasteiger partial charge on any atom is -0.302 e. The molecule has 8 heteroatoms. The van der Waals surface area contributed by atoms with Crippen LogP contribution in [0, 0.1) is 12.3 Å². The first kappa shape index (κ1) is 15.4. The van der Waals surface area contributed by atoms with Crippen LogP contribution in [0.25, 0.3) is 0 Å². The van der Waals surface area contributed by atoms with Crippen molar-refractivity contribution in [3.8, 4) is 0 Å². The van der Waals surface area contributed by atoms with E-state index in [1.165, 1.54) is 6.92 Å². The molecular formula is C10H15ClN2O3S2. The molecule has 1 aromatic rings. The molecule has 0 unspecified atom stereocenters. The Morgan fingerprint density at radius 2 is 2.00 bits per heavy atom. The van der Waals surface area contributed by atoms with Crippen LogP contribution in [-0.2, 0) is 13.8 Å². The fourth-order valence-corrected chi connectivity index (χ4v) is 3.68. The van der Waals surface area contributed by atoms with Crippen LogP contribution in [0.5, 0.6) is 0 Å². The van der Waals surface area contributed by atoms with Gasteiger partial charge in [-0.3, -0.25) is 4.79 Å². The van der Waals surface area contributed by atoms with Gasteiger partial charge in [0, 0.05) is 17.1 Å². The number of hydrogen-bond acceptors (Lipinski definition) is 5. The summed E-state index contributed by atoms with van der Waals surface area (Å²) < 4.78 is 22.4. The third-order valence-electron chi connectivity index (χ3n) is 1.91. The molecule has 18 heavy (non-hydrogen) atoms. The number of thiazole rings is 1. The van der Waals surface area contributed by atoms with Crippen molar-refractivity contribution >= 4 is 42.1 Å². The Morgan fingerprint density at radius 1 is 1.44 bits per heavy atom. The van der Waals surface area contributed by atoms with E-state index in [1.807, 2.05) is 20.8 Å². The SMILES string of the molecule is Cc1nc(NC(=O)CC(C)(C)C)sc1S(=O)(=O)Cl. The molecule has 1 N–H and O–H groups in total. The van der Waals surface area contributed by atoms with Crippen LogP contribution in [0.1, 0.15) is 32.9 Å². The molecule has 0 aliphatic heterocycles. The minimum atomic E-state index is -3.81. The van der Waals surface area contributed by atoms with Crippen molar-refractivity contribution < 1.29 is 13.2 Å². The molecule has 1 rings (SSSR count). The molecule has 0 fully saturated rings. The summed E-state index contributed by atoms with van der Waals surface area (Å²) in [5, 5.41) is 2.83. The zero-order chi connectivity index (χ0) is 14.1. The normalized spacial score (nSPS) is 12.5. The smallest absolute Gasteiger partial charge is 0.272 e. The van der Waals surface area contributed by atoms with Crippen LogP contribution in [0.15, 0.2) is 4.21 Å². The van der Waals surface area contributed by atoms with Crippen molar-refractivity contribution in [2.24, 2.45) is 5.41 Å². The number of rotatable bonds is 3. The lowest BCUT2D eigenvalue weighted by Crippen LogP contribution is -2.19. The van der Waals surface area contributed by atoms with Gasteiger partial charge in [-0.25, -0.2) is 13.4 Å². The third kappa shape index (κ3) is 4.55. The number of amides is 1. The van der Waals surface area contributed by atoms with E-state index in [-0.39, 0.29) is 20.7 Å². The second kappa shape index (κ2) is 5.14. The molecule has 0 radical (unpaired) electrons. The van der Waals surface area contributed by atoms with Gasteiger partial charge in [-0.1, -0.05) is 32.1 Å². The van der Waals surface area contributed by atoms with Crippen LogP contribution in [0.4, 0.5) is 5.13 Å². The fourth-order valence-electron chi connectivity index (χ4n) is 1.31. The van der Waals surface area contributed by atoms with Crippen molar-refractivity contribution in [2.75, 3.05) is 5.32 Å². The second-order valence-corrected chi connectivity index (χ2v) is 8.88. The average Bonchev–Trinajstić information content (AvgIpc) is 2.41. The van der Waals surface area contributed by atoms with E-state index in [2.05, 4.69) is 10.3 Å². The Kier molecular flexibility index (Phi) is 4.40. The molecule has 0 aliphatic rings. The summed E-state index contributed by atoms with van der Waals surface area (Å²) in [6, 6.07) is 0. The predicted octanol–water partition coefficient (Wildman–Crippen LogP) is 2.75. The monoisotopic (exact) mass is 310 g/mol. The first-order valence-corrected chi connectivity index (χ1v) is 8.33. The Bertz CT molecular complexity index is 558. The number of carbonyl (C=O) groups excluding carboxylic acids is 1. The molecule has 0 saturated carbocycles. The molecule has 1 amide bonds. The average molecular weight is 311 g/mol. The molecular weight excluding hydrogens is 296 g/mol.